The molecule has 3 heterocycles. The number of hydrogen-bond donors (Lipinski definition) is 1. The first-order valence-corrected chi connectivity index (χ1v) is 10.1. The fourth-order valence-corrected chi connectivity index (χ4v) is 3.87. The molecule has 31 heavy (non-hydrogen) atoms. The van der Waals surface area contributed by atoms with Crippen molar-refractivity contribution in [2.24, 2.45) is 0 Å². The second kappa shape index (κ2) is 7.12. The van der Waals surface area contributed by atoms with Gasteiger partial charge in [-0.1, -0.05) is 42.8 Å². The van der Waals surface area contributed by atoms with Crippen LogP contribution in [0.15, 0.2) is 60.8 Å². The van der Waals surface area contributed by atoms with Gasteiger partial charge in [0.1, 0.15) is 11.3 Å². The van der Waals surface area contributed by atoms with E-state index in [2.05, 4.69) is 21.5 Å². The first-order chi connectivity index (χ1) is 15.0. The summed E-state index contributed by atoms with van der Waals surface area (Å²) < 4.78 is 13.8. The number of hydrogen-bond acceptors (Lipinski definition) is 5. The van der Waals surface area contributed by atoms with E-state index in [4.69, 9.17) is 9.47 Å². The van der Waals surface area contributed by atoms with Crippen LogP contribution >= 0.6 is 0 Å². The van der Waals surface area contributed by atoms with E-state index in [1.165, 1.54) is 0 Å². The van der Waals surface area contributed by atoms with E-state index in [1.54, 1.807) is 24.4 Å². The van der Waals surface area contributed by atoms with Gasteiger partial charge in [0.2, 0.25) is 0 Å². The van der Waals surface area contributed by atoms with Crippen molar-refractivity contribution in [1.82, 2.24) is 14.5 Å². The number of aromatic nitrogens is 3. The molecule has 5 rings (SSSR count). The Labute approximate surface area is 178 Å². The largest absolute Gasteiger partial charge is 0.475 e. The Balaban J connectivity index is 1.50. The molecule has 4 aromatic rings. The van der Waals surface area contributed by atoms with Crippen molar-refractivity contribution in [2.45, 2.75) is 32.6 Å². The average Bonchev–Trinajstić information content (AvgIpc) is 3.33. The molecular weight excluding hydrogens is 394 g/mol. The van der Waals surface area contributed by atoms with Crippen LogP contribution in [0.5, 0.6) is 11.5 Å². The van der Waals surface area contributed by atoms with Gasteiger partial charge < -0.3 is 19.1 Å². The van der Waals surface area contributed by atoms with Gasteiger partial charge in [0, 0.05) is 18.2 Å². The van der Waals surface area contributed by atoms with Crippen LogP contribution in [0, 0.1) is 6.92 Å². The topological polar surface area (TPSA) is 86.5 Å². The first kappa shape index (κ1) is 19.1. The van der Waals surface area contributed by atoms with Gasteiger partial charge in [0.15, 0.2) is 17.1 Å². The molecular formula is C24H21N3O4. The van der Waals surface area contributed by atoms with Crippen LogP contribution in [-0.4, -0.2) is 25.6 Å². The number of imidazole rings is 1. The summed E-state index contributed by atoms with van der Waals surface area (Å²) in [5, 5.41) is 9.95. The number of carbonyl (C=O) groups is 1. The van der Waals surface area contributed by atoms with Crippen LogP contribution in [0.2, 0.25) is 0 Å². The Morgan fingerprint density at radius 3 is 2.61 bits per heavy atom. The van der Waals surface area contributed by atoms with Gasteiger partial charge in [-0.25, -0.2) is 14.8 Å². The van der Waals surface area contributed by atoms with Gasteiger partial charge in [-0.2, -0.15) is 0 Å². The third-order valence-electron chi connectivity index (χ3n) is 5.47. The molecule has 0 radical (unpaired) electrons. The smallest absolute Gasteiger partial charge is 0.395 e. The summed E-state index contributed by atoms with van der Waals surface area (Å²) in [7, 11) is 0. The van der Waals surface area contributed by atoms with Crippen molar-refractivity contribution < 1.29 is 19.4 Å². The SMILES string of the molecule is CCc1nc2cccnc2n1Cc1ccc2c(c1)OC(C(=O)O)(c1ccc(C)cc1)O2. The molecule has 1 aliphatic heterocycles. The number of aryl methyl sites for hydroxylation is 2. The molecule has 1 atom stereocenters. The van der Waals surface area contributed by atoms with Crippen molar-refractivity contribution in [3.8, 4) is 11.5 Å². The van der Waals surface area contributed by atoms with Crippen LogP contribution in [0.25, 0.3) is 11.2 Å². The number of aliphatic carboxylic acids is 1. The molecule has 0 bridgehead atoms. The van der Waals surface area contributed by atoms with E-state index in [1.807, 2.05) is 43.3 Å². The third kappa shape index (κ3) is 3.09. The quantitative estimate of drug-likeness (QED) is 0.529. The molecule has 0 saturated carbocycles. The number of carboxylic acid groups (broad SMARTS) is 1. The lowest BCUT2D eigenvalue weighted by molar-refractivity contribution is -0.180. The van der Waals surface area contributed by atoms with Gasteiger partial charge >= 0.3 is 11.8 Å². The molecule has 0 aliphatic carbocycles. The second-order valence-corrected chi connectivity index (χ2v) is 7.59. The van der Waals surface area contributed by atoms with Crippen LogP contribution < -0.4 is 9.47 Å². The Hall–Kier alpha value is -3.87. The molecule has 2 aromatic heterocycles. The lowest BCUT2D eigenvalue weighted by atomic mass is 10.0. The zero-order chi connectivity index (χ0) is 21.6. The fraction of sp³-hybridized carbons (Fsp3) is 0.208. The molecule has 156 valence electrons. The van der Waals surface area contributed by atoms with Crippen molar-refractivity contribution in [3.63, 3.8) is 0 Å². The molecule has 1 aliphatic rings. The van der Waals surface area contributed by atoms with Crippen LogP contribution in [0.1, 0.15) is 29.4 Å². The lowest BCUT2D eigenvalue weighted by Crippen LogP contribution is -2.43. The zero-order valence-corrected chi connectivity index (χ0v) is 17.2. The summed E-state index contributed by atoms with van der Waals surface area (Å²) in [6.07, 6.45) is 2.53. The van der Waals surface area contributed by atoms with Gasteiger partial charge in [-0.3, -0.25) is 0 Å². The number of fused-ring (bicyclic) bond motifs is 2. The molecule has 2 aromatic carbocycles. The molecule has 7 heteroatoms. The molecule has 0 amide bonds. The maximum absolute atomic E-state index is 12.2. The van der Waals surface area contributed by atoms with Gasteiger partial charge in [-0.05, 0) is 36.8 Å². The van der Waals surface area contributed by atoms with Crippen molar-refractivity contribution in [2.75, 3.05) is 0 Å². The molecule has 0 spiro atoms. The highest BCUT2D eigenvalue weighted by molar-refractivity contribution is 5.80. The standard InChI is InChI=1S/C24H21N3O4/c1-3-21-26-18-5-4-12-25-22(18)27(21)14-16-8-11-19-20(13-16)31-24(30-19,23(28)29)17-9-6-15(2)7-10-17/h4-13H,3,14H2,1-2H3,(H,28,29). The minimum absolute atomic E-state index is 0.399. The predicted molar refractivity (Wildman–Crippen MR) is 114 cm³/mol. The summed E-state index contributed by atoms with van der Waals surface area (Å²) in [4.78, 5) is 21.3. The second-order valence-electron chi connectivity index (χ2n) is 7.59. The average molecular weight is 415 g/mol. The number of carboxylic acids is 1. The molecule has 1 N–H and O–H groups in total. The Kier molecular flexibility index (Phi) is 4.39. The molecule has 0 saturated heterocycles. The minimum atomic E-state index is -1.90. The van der Waals surface area contributed by atoms with E-state index >= 15 is 0 Å². The summed E-state index contributed by atoms with van der Waals surface area (Å²) in [6.45, 7) is 4.53. The maximum atomic E-state index is 12.2. The zero-order valence-electron chi connectivity index (χ0n) is 17.2. The van der Waals surface area contributed by atoms with Crippen molar-refractivity contribution in [3.05, 3.63) is 83.3 Å². The van der Waals surface area contributed by atoms with Crippen molar-refractivity contribution in [1.29, 1.82) is 0 Å². The summed E-state index contributed by atoms with van der Waals surface area (Å²) >= 11 is 0. The number of rotatable bonds is 5. The van der Waals surface area contributed by atoms with Gasteiger partial charge in [0.25, 0.3) is 0 Å². The van der Waals surface area contributed by atoms with Gasteiger partial charge in [-0.15, -0.1) is 0 Å². The monoisotopic (exact) mass is 415 g/mol. The summed E-state index contributed by atoms with van der Waals surface area (Å²) in [6, 6.07) is 16.4. The minimum Gasteiger partial charge on any atom is -0.475 e. The number of ether oxygens (including phenoxy) is 2. The Morgan fingerprint density at radius 2 is 1.87 bits per heavy atom. The summed E-state index contributed by atoms with van der Waals surface area (Å²) in [5.74, 6) is -1.36. The van der Waals surface area contributed by atoms with E-state index in [-0.39, 0.29) is 0 Å². The van der Waals surface area contributed by atoms with Crippen molar-refractivity contribution >= 4 is 17.1 Å². The van der Waals surface area contributed by atoms with E-state index in [9.17, 15) is 9.90 Å². The Bertz CT molecular complexity index is 1300. The van der Waals surface area contributed by atoms with E-state index < -0.39 is 11.8 Å². The van der Waals surface area contributed by atoms with E-state index in [0.717, 1.165) is 34.5 Å². The lowest BCUT2D eigenvalue weighted by Gasteiger charge is -2.23. The maximum Gasteiger partial charge on any atom is 0.395 e. The Morgan fingerprint density at radius 1 is 1.10 bits per heavy atom. The predicted octanol–water partition coefficient (Wildman–Crippen LogP) is 4.06. The fourth-order valence-electron chi connectivity index (χ4n) is 3.87. The number of benzene rings is 2. The van der Waals surface area contributed by atoms with Crippen LogP contribution in [0.3, 0.4) is 0 Å². The first-order valence-electron chi connectivity index (χ1n) is 10.1. The molecule has 1 unspecified atom stereocenters. The summed E-state index contributed by atoms with van der Waals surface area (Å²) in [5.41, 5.74) is 4.06. The number of pyridine rings is 1. The highest BCUT2D eigenvalue weighted by Gasteiger charge is 2.51. The van der Waals surface area contributed by atoms with Gasteiger partial charge in [0.05, 0.1) is 6.54 Å². The van der Waals surface area contributed by atoms with Crippen LogP contribution in [-0.2, 0) is 23.5 Å². The highest BCUT2D eigenvalue weighted by Crippen LogP contribution is 2.45. The molecule has 0 fully saturated rings. The normalized spacial score (nSPS) is 17.2. The third-order valence-corrected chi connectivity index (χ3v) is 5.47. The van der Waals surface area contributed by atoms with Crippen LogP contribution in [0.4, 0.5) is 0 Å². The molecule has 7 nitrogen and oxygen atoms in total. The van der Waals surface area contributed by atoms with E-state index in [0.29, 0.717) is 23.6 Å². The highest BCUT2D eigenvalue weighted by atomic mass is 16.8. The number of nitrogens with zero attached hydrogens (tertiary/aromatic N) is 3.